The molecule has 0 saturated carbocycles. The van der Waals surface area contributed by atoms with Crippen LogP contribution < -0.4 is 0 Å². The third-order valence-corrected chi connectivity index (χ3v) is 4.31. The Kier molecular flexibility index (Phi) is 8.16. The smallest absolute Gasteiger partial charge is 0.305 e. The van der Waals surface area contributed by atoms with Crippen LogP contribution in [0.1, 0.15) is 39.5 Å². The number of rotatable bonds is 9. The molecule has 0 unspecified atom stereocenters. The molecule has 17 heavy (non-hydrogen) atoms. The quantitative estimate of drug-likeness (QED) is 0.591. The lowest BCUT2D eigenvalue weighted by Crippen LogP contribution is -2.34. The summed E-state index contributed by atoms with van der Waals surface area (Å²) in [5, 5.41) is 0. The van der Waals surface area contributed by atoms with Gasteiger partial charge in [-0.3, -0.25) is 4.79 Å². The van der Waals surface area contributed by atoms with Crippen LogP contribution >= 0.6 is 0 Å². The van der Waals surface area contributed by atoms with Gasteiger partial charge in [0.15, 0.2) is 0 Å². The molecule has 0 aliphatic carbocycles. The lowest BCUT2D eigenvalue weighted by Gasteiger charge is -2.20. The highest BCUT2D eigenvalue weighted by Gasteiger charge is 2.20. The molecule has 0 bridgehead atoms. The van der Waals surface area contributed by atoms with Gasteiger partial charge in [-0.05, 0) is 19.3 Å². The summed E-state index contributed by atoms with van der Waals surface area (Å²) in [5.74, 6) is -0.347. The molecule has 5 nitrogen and oxygen atoms in total. The van der Waals surface area contributed by atoms with Crippen LogP contribution in [0.4, 0.5) is 0 Å². The molecule has 0 aliphatic rings. The van der Waals surface area contributed by atoms with Crippen molar-refractivity contribution in [2.75, 3.05) is 26.0 Å². The number of methoxy groups -OCH3 is 1. The van der Waals surface area contributed by atoms with Gasteiger partial charge in [-0.1, -0.05) is 13.8 Å². The summed E-state index contributed by atoms with van der Waals surface area (Å²) in [5.41, 5.74) is 0. The lowest BCUT2D eigenvalue weighted by molar-refractivity contribution is -0.140. The van der Waals surface area contributed by atoms with E-state index in [0.29, 0.717) is 19.5 Å². The molecule has 0 N–H and O–H groups in total. The Morgan fingerprint density at radius 1 is 1.18 bits per heavy atom. The standard InChI is InChI=1S/C11H23NO4S/c1-4-8-12(9-5-2)17(14,15)10-6-7-11(13)16-3/h4-10H2,1-3H3. The maximum atomic E-state index is 12.0. The second kappa shape index (κ2) is 8.47. The van der Waals surface area contributed by atoms with Crippen LogP contribution in [0.25, 0.3) is 0 Å². The summed E-state index contributed by atoms with van der Waals surface area (Å²) in [4.78, 5) is 10.9. The Morgan fingerprint density at radius 2 is 1.71 bits per heavy atom. The summed E-state index contributed by atoms with van der Waals surface area (Å²) in [6.07, 6.45) is 2.08. The van der Waals surface area contributed by atoms with Crippen LogP contribution in [0.5, 0.6) is 0 Å². The van der Waals surface area contributed by atoms with Crippen molar-refractivity contribution >= 4 is 16.0 Å². The van der Waals surface area contributed by atoms with Gasteiger partial charge >= 0.3 is 5.97 Å². The van der Waals surface area contributed by atoms with Gasteiger partial charge in [0.25, 0.3) is 0 Å². The number of hydrogen-bond donors (Lipinski definition) is 0. The third kappa shape index (κ3) is 6.63. The van der Waals surface area contributed by atoms with E-state index < -0.39 is 10.0 Å². The minimum Gasteiger partial charge on any atom is -0.469 e. The van der Waals surface area contributed by atoms with Crippen LogP contribution in [0.15, 0.2) is 0 Å². The van der Waals surface area contributed by atoms with Crippen molar-refractivity contribution in [1.29, 1.82) is 0 Å². The Hall–Kier alpha value is -0.620. The predicted molar refractivity (Wildman–Crippen MR) is 67.2 cm³/mol. The van der Waals surface area contributed by atoms with Crippen LogP contribution in [0.2, 0.25) is 0 Å². The van der Waals surface area contributed by atoms with Crippen molar-refractivity contribution < 1.29 is 17.9 Å². The monoisotopic (exact) mass is 265 g/mol. The topological polar surface area (TPSA) is 63.7 Å². The summed E-state index contributed by atoms with van der Waals surface area (Å²) >= 11 is 0. The van der Waals surface area contributed by atoms with E-state index in [1.165, 1.54) is 11.4 Å². The van der Waals surface area contributed by atoms with E-state index in [1.807, 2.05) is 13.8 Å². The van der Waals surface area contributed by atoms with Gasteiger partial charge < -0.3 is 4.74 Å². The number of carbonyl (C=O) groups is 1. The van der Waals surface area contributed by atoms with Crippen molar-refractivity contribution in [3.63, 3.8) is 0 Å². The first-order valence-corrected chi connectivity index (χ1v) is 7.63. The van der Waals surface area contributed by atoms with Crippen LogP contribution in [-0.2, 0) is 19.6 Å². The van der Waals surface area contributed by atoms with Crippen molar-refractivity contribution in [2.45, 2.75) is 39.5 Å². The Labute approximate surface area is 104 Å². The van der Waals surface area contributed by atoms with Crippen LogP contribution in [-0.4, -0.2) is 44.6 Å². The molecule has 0 aliphatic heterocycles. The van der Waals surface area contributed by atoms with E-state index >= 15 is 0 Å². The summed E-state index contributed by atoms with van der Waals surface area (Å²) < 4.78 is 29.9. The highest BCUT2D eigenvalue weighted by molar-refractivity contribution is 7.89. The van der Waals surface area contributed by atoms with E-state index in [9.17, 15) is 13.2 Å². The van der Waals surface area contributed by atoms with E-state index in [4.69, 9.17) is 0 Å². The van der Waals surface area contributed by atoms with E-state index in [-0.39, 0.29) is 18.1 Å². The average Bonchev–Trinajstić information content (AvgIpc) is 2.28. The molecule has 0 aromatic heterocycles. The normalized spacial score (nSPS) is 11.8. The highest BCUT2D eigenvalue weighted by Crippen LogP contribution is 2.07. The van der Waals surface area contributed by atoms with Gasteiger partial charge in [-0.25, -0.2) is 12.7 Å². The summed E-state index contributed by atoms with van der Waals surface area (Å²) in [7, 11) is -1.92. The molecular formula is C11H23NO4S. The zero-order chi connectivity index (χ0) is 13.3. The average molecular weight is 265 g/mol. The number of sulfonamides is 1. The van der Waals surface area contributed by atoms with Crippen molar-refractivity contribution in [1.82, 2.24) is 4.31 Å². The zero-order valence-corrected chi connectivity index (χ0v) is 11.8. The maximum Gasteiger partial charge on any atom is 0.305 e. The molecule has 0 rings (SSSR count). The first-order valence-electron chi connectivity index (χ1n) is 6.02. The van der Waals surface area contributed by atoms with Gasteiger partial charge in [0.05, 0.1) is 12.9 Å². The molecule has 0 aromatic rings. The predicted octanol–water partition coefficient (Wildman–Crippen LogP) is 1.39. The van der Waals surface area contributed by atoms with Gasteiger partial charge in [-0.15, -0.1) is 0 Å². The molecule has 0 amide bonds. The summed E-state index contributed by atoms with van der Waals surface area (Å²) in [6.45, 7) is 5.00. The van der Waals surface area contributed by atoms with E-state index in [1.54, 1.807) is 0 Å². The largest absolute Gasteiger partial charge is 0.469 e. The fourth-order valence-electron chi connectivity index (χ4n) is 1.52. The molecule has 0 atom stereocenters. The number of carbonyl (C=O) groups excluding carboxylic acids is 1. The Balaban J connectivity index is 4.27. The first-order chi connectivity index (χ1) is 7.97. The number of nitrogens with zero attached hydrogens (tertiary/aromatic N) is 1. The molecule has 0 spiro atoms. The van der Waals surface area contributed by atoms with Crippen LogP contribution in [0.3, 0.4) is 0 Å². The molecule has 0 saturated heterocycles. The molecule has 0 heterocycles. The highest BCUT2D eigenvalue weighted by atomic mass is 32.2. The van der Waals surface area contributed by atoms with Gasteiger partial charge in [0, 0.05) is 19.5 Å². The molecule has 0 radical (unpaired) electrons. The zero-order valence-electron chi connectivity index (χ0n) is 10.9. The third-order valence-electron chi connectivity index (χ3n) is 2.35. The molecule has 102 valence electrons. The maximum absolute atomic E-state index is 12.0. The molecule has 6 heteroatoms. The number of ether oxygens (including phenoxy) is 1. The van der Waals surface area contributed by atoms with E-state index in [0.717, 1.165) is 12.8 Å². The van der Waals surface area contributed by atoms with Crippen LogP contribution in [0, 0.1) is 0 Å². The Morgan fingerprint density at radius 3 is 2.12 bits per heavy atom. The second-order valence-corrected chi connectivity index (χ2v) is 5.98. The Bertz CT molecular complexity index is 307. The number of esters is 1. The van der Waals surface area contributed by atoms with Crippen molar-refractivity contribution in [2.24, 2.45) is 0 Å². The molecule has 0 aromatic carbocycles. The SMILES string of the molecule is CCCN(CCC)S(=O)(=O)CCCC(=O)OC. The van der Waals surface area contributed by atoms with Gasteiger partial charge in [-0.2, -0.15) is 0 Å². The molecule has 0 fully saturated rings. The van der Waals surface area contributed by atoms with Crippen molar-refractivity contribution in [3.8, 4) is 0 Å². The number of hydrogen-bond acceptors (Lipinski definition) is 4. The molecular weight excluding hydrogens is 242 g/mol. The van der Waals surface area contributed by atoms with Gasteiger partial charge in [0.1, 0.15) is 0 Å². The lowest BCUT2D eigenvalue weighted by atomic mass is 10.3. The van der Waals surface area contributed by atoms with Crippen molar-refractivity contribution in [3.05, 3.63) is 0 Å². The summed E-state index contributed by atoms with van der Waals surface area (Å²) in [6, 6.07) is 0. The van der Waals surface area contributed by atoms with E-state index in [2.05, 4.69) is 4.74 Å². The minimum atomic E-state index is -3.23. The fourth-order valence-corrected chi connectivity index (χ4v) is 3.21. The minimum absolute atomic E-state index is 0.0160. The van der Waals surface area contributed by atoms with Gasteiger partial charge in [0.2, 0.25) is 10.0 Å². The first kappa shape index (κ1) is 16.4. The second-order valence-electron chi connectivity index (χ2n) is 3.89. The fraction of sp³-hybridized carbons (Fsp3) is 0.909.